The van der Waals surface area contributed by atoms with Crippen molar-refractivity contribution < 1.29 is 9.63 Å². The fourth-order valence-electron chi connectivity index (χ4n) is 3.34. The van der Waals surface area contributed by atoms with Gasteiger partial charge in [0.25, 0.3) is 5.91 Å². The van der Waals surface area contributed by atoms with E-state index in [0.717, 1.165) is 11.3 Å². The summed E-state index contributed by atoms with van der Waals surface area (Å²) < 4.78 is 0. The molecule has 8 heteroatoms. The second-order valence-electron chi connectivity index (χ2n) is 7.41. The molecule has 31 heavy (non-hydrogen) atoms. The molecule has 4 rings (SSSR count). The van der Waals surface area contributed by atoms with Crippen LogP contribution in [0.15, 0.2) is 60.7 Å². The van der Waals surface area contributed by atoms with Gasteiger partial charge in [-0.15, -0.1) is 0 Å². The Balaban J connectivity index is 1.77. The number of amides is 1. The zero-order valence-electron chi connectivity index (χ0n) is 16.7. The highest BCUT2D eigenvalue weighted by molar-refractivity contribution is 6.34. The van der Waals surface area contributed by atoms with Crippen molar-refractivity contribution in [1.82, 2.24) is 4.98 Å². The Morgan fingerprint density at radius 3 is 2.39 bits per heavy atom. The van der Waals surface area contributed by atoms with Crippen LogP contribution in [0.1, 0.15) is 28.5 Å². The molecule has 0 saturated heterocycles. The van der Waals surface area contributed by atoms with E-state index in [-0.39, 0.29) is 5.91 Å². The molecule has 1 aliphatic carbocycles. The molecular formula is C23H20Cl2N4O2. The predicted molar refractivity (Wildman–Crippen MR) is 125 cm³/mol. The van der Waals surface area contributed by atoms with E-state index in [4.69, 9.17) is 33.9 Å². The molecule has 2 aromatic carbocycles. The quantitative estimate of drug-likeness (QED) is 0.436. The predicted octanol–water partition coefficient (Wildman–Crippen LogP) is 5.60. The van der Waals surface area contributed by atoms with Crippen molar-refractivity contribution in [2.24, 2.45) is 5.90 Å². The molecular weight excluding hydrogens is 435 g/mol. The number of pyridine rings is 1. The molecule has 0 spiro atoms. The van der Waals surface area contributed by atoms with E-state index in [9.17, 15) is 4.79 Å². The van der Waals surface area contributed by atoms with Crippen LogP contribution in [0.5, 0.6) is 0 Å². The number of nitrogens with two attached hydrogens (primary N) is 1. The third-order valence-corrected chi connectivity index (χ3v) is 5.69. The first kappa shape index (κ1) is 21.3. The van der Waals surface area contributed by atoms with E-state index >= 15 is 0 Å². The summed E-state index contributed by atoms with van der Waals surface area (Å²) in [6, 6.07) is 16.1. The molecule has 1 amide bonds. The van der Waals surface area contributed by atoms with Crippen LogP contribution in [0.4, 0.5) is 17.2 Å². The number of anilines is 3. The van der Waals surface area contributed by atoms with Gasteiger partial charge in [0.15, 0.2) is 0 Å². The average molecular weight is 455 g/mol. The van der Waals surface area contributed by atoms with E-state index in [1.165, 1.54) is 0 Å². The molecule has 1 atom stereocenters. The third-order valence-electron chi connectivity index (χ3n) is 5.03. The monoisotopic (exact) mass is 454 g/mol. The van der Waals surface area contributed by atoms with Crippen LogP contribution in [0.3, 0.4) is 0 Å². The highest BCUT2D eigenvalue weighted by Gasteiger charge is 2.29. The lowest BCUT2D eigenvalue weighted by atomic mass is 9.89. The van der Waals surface area contributed by atoms with Gasteiger partial charge in [0.1, 0.15) is 11.4 Å². The number of hydrogen-bond acceptors (Lipinski definition) is 5. The number of rotatable bonds is 5. The van der Waals surface area contributed by atoms with Crippen LogP contribution >= 0.6 is 23.2 Å². The molecule has 3 aromatic rings. The van der Waals surface area contributed by atoms with Gasteiger partial charge >= 0.3 is 0 Å². The minimum atomic E-state index is -0.678. The maximum atomic E-state index is 13.2. The first-order chi connectivity index (χ1) is 14.9. The average Bonchev–Trinajstić information content (AvgIpc) is 2.76. The van der Waals surface area contributed by atoms with Gasteiger partial charge in [-0.1, -0.05) is 47.5 Å². The molecule has 0 fully saturated rings. The number of para-hydroxylation sites is 2. The van der Waals surface area contributed by atoms with Crippen molar-refractivity contribution in [2.45, 2.75) is 18.9 Å². The van der Waals surface area contributed by atoms with Gasteiger partial charge in [0.05, 0.1) is 32.7 Å². The highest BCUT2D eigenvalue weighted by Crippen LogP contribution is 2.33. The van der Waals surface area contributed by atoms with Crippen LogP contribution in [-0.2, 0) is 11.3 Å². The number of hydrogen-bond donors (Lipinski definition) is 3. The Kier molecular flexibility index (Phi) is 5.98. The van der Waals surface area contributed by atoms with Crippen LogP contribution in [0.25, 0.3) is 6.08 Å². The van der Waals surface area contributed by atoms with Gasteiger partial charge in [0, 0.05) is 6.42 Å². The summed E-state index contributed by atoms with van der Waals surface area (Å²) in [5, 5.41) is 6.98. The van der Waals surface area contributed by atoms with Gasteiger partial charge < -0.3 is 10.6 Å². The molecule has 1 heterocycles. The van der Waals surface area contributed by atoms with Gasteiger partial charge in [-0.3, -0.25) is 9.63 Å². The van der Waals surface area contributed by atoms with Crippen molar-refractivity contribution in [3.05, 3.63) is 87.5 Å². The lowest BCUT2D eigenvalue weighted by molar-refractivity contribution is 0.00415. The maximum absolute atomic E-state index is 13.2. The topological polar surface area (TPSA) is 89.3 Å². The SMILES string of the molecule is CC1(ON)C=Cc2nc(Nc3ccccc3Cl)c(C(=O)Nc3ccccc3Cl)cc2C1. The lowest BCUT2D eigenvalue weighted by Crippen LogP contribution is -2.34. The summed E-state index contributed by atoms with van der Waals surface area (Å²) in [5.41, 5.74) is 2.36. The fourth-order valence-corrected chi connectivity index (χ4v) is 3.70. The van der Waals surface area contributed by atoms with E-state index in [2.05, 4.69) is 15.6 Å². The summed E-state index contributed by atoms with van der Waals surface area (Å²) in [4.78, 5) is 23.0. The maximum Gasteiger partial charge on any atom is 0.259 e. The number of carbonyl (C=O) groups excluding carboxylic acids is 1. The van der Waals surface area contributed by atoms with Gasteiger partial charge in [-0.05, 0) is 55.0 Å². The Morgan fingerprint density at radius 1 is 1.10 bits per heavy atom. The molecule has 1 aliphatic rings. The van der Waals surface area contributed by atoms with Crippen LogP contribution in [0, 0.1) is 0 Å². The molecule has 1 unspecified atom stereocenters. The number of carbonyl (C=O) groups is 1. The molecule has 0 aliphatic heterocycles. The zero-order chi connectivity index (χ0) is 22.0. The van der Waals surface area contributed by atoms with E-state index in [1.807, 2.05) is 37.3 Å². The molecule has 4 N–H and O–H groups in total. The molecule has 0 radical (unpaired) electrons. The van der Waals surface area contributed by atoms with E-state index in [1.54, 1.807) is 36.4 Å². The summed E-state index contributed by atoms with van der Waals surface area (Å²) in [5.74, 6) is 5.48. The summed E-state index contributed by atoms with van der Waals surface area (Å²) in [6.45, 7) is 1.87. The largest absolute Gasteiger partial charge is 0.338 e. The Labute approximate surface area is 190 Å². The number of benzene rings is 2. The second-order valence-corrected chi connectivity index (χ2v) is 8.22. The normalized spacial score (nSPS) is 17.2. The van der Waals surface area contributed by atoms with Crippen LogP contribution < -0.4 is 16.5 Å². The first-order valence-electron chi connectivity index (χ1n) is 9.57. The van der Waals surface area contributed by atoms with Gasteiger partial charge in [0.2, 0.25) is 0 Å². The van der Waals surface area contributed by atoms with Crippen LogP contribution in [0.2, 0.25) is 10.0 Å². The molecule has 6 nitrogen and oxygen atoms in total. The zero-order valence-corrected chi connectivity index (χ0v) is 18.2. The lowest BCUT2D eigenvalue weighted by Gasteiger charge is -2.28. The smallest absolute Gasteiger partial charge is 0.259 e. The Bertz CT molecular complexity index is 1180. The standard InChI is InChI=1S/C23H20Cl2N4O2/c1-23(31-26)11-10-18-14(13-23)12-15(22(30)29-20-9-5-3-7-17(20)25)21(27-18)28-19-8-4-2-6-16(19)24/h2-12H,13,26H2,1H3,(H,27,28)(H,29,30). The number of fused-ring (bicyclic) bond motifs is 1. The first-order valence-corrected chi connectivity index (χ1v) is 10.3. The van der Waals surface area contributed by atoms with E-state index in [0.29, 0.717) is 39.2 Å². The van der Waals surface area contributed by atoms with Crippen molar-refractivity contribution in [1.29, 1.82) is 0 Å². The van der Waals surface area contributed by atoms with E-state index < -0.39 is 5.60 Å². The molecule has 158 valence electrons. The number of aromatic nitrogens is 1. The molecule has 0 bridgehead atoms. The van der Waals surface area contributed by atoms with Gasteiger partial charge in [-0.25, -0.2) is 10.9 Å². The molecule has 1 aromatic heterocycles. The summed E-state index contributed by atoms with van der Waals surface area (Å²) in [6.07, 6.45) is 4.16. The van der Waals surface area contributed by atoms with Crippen molar-refractivity contribution in [2.75, 3.05) is 10.6 Å². The van der Waals surface area contributed by atoms with Crippen LogP contribution in [-0.4, -0.2) is 16.5 Å². The van der Waals surface area contributed by atoms with Crippen molar-refractivity contribution in [3.8, 4) is 0 Å². The number of halogens is 2. The number of nitrogens with one attached hydrogen (secondary N) is 2. The molecule has 0 saturated carbocycles. The summed E-state index contributed by atoms with van der Waals surface area (Å²) in [7, 11) is 0. The second kappa shape index (κ2) is 8.69. The van der Waals surface area contributed by atoms with Gasteiger partial charge in [-0.2, -0.15) is 0 Å². The van der Waals surface area contributed by atoms with Crippen molar-refractivity contribution in [3.63, 3.8) is 0 Å². The summed E-state index contributed by atoms with van der Waals surface area (Å²) >= 11 is 12.5. The Hall–Kier alpha value is -2.90. The Morgan fingerprint density at radius 2 is 1.74 bits per heavy atom. The highest BCUT2D eigenvalue weighted by atomic mass is 35.5. The fraction of sp³-hybridized carbons (Fsp3) is 0.130. The third kappa shape index (κ3) is 4.57. The minimum absolute atomic E-state index is 0.341. The van der Waals surface area contributed by atoms with Crippen molar-refractivity contribution >= 4 is 52.4 Å². The minimum Gasteiger partial charge on any atom is -0.338 e. The number of nitrogens with zero attached hydrogens (tertiary/aromatic N) is 1.